The van der Waals surface area contributed by atoms with Crippen molar-refractivity contribution in [2.75, 3.05) is 16.3 Å². The van der Waals surface area contributed by atoms with E-state index in [2.05, 4.69) is 10.4 Å². The molecule has 1 aliphatic rings. The highest BCUT2D eigenvalue weighted by Gasteiger charge is 2.47. The molecule has 3 amide bonds. The molecule has 0 spiro atoms. The maximum Gasteiger partial charge on any atom is 0.436 e. The summed E-state index contributed by atoms with van der Waals surface area (Å²) in [6, 6.07) is 8.42. The molecule has 2 heterocycles. The summed E-state index contributed by atoms with van der Waals surface area (Å²) >= 11 is 12.6. The quantitative estimate of drug-likeness (QED) is 0.233. The van der Waals surface area contributed by atoms with Gasteiger partial charge >= 0.3 is 17.8 Å². The summed E-state index contributed by atoms with van der Waals surface area (Å²) in [5, 5.41) is 18.2. The molecule has 1 N–H and O–H groups in total. The summed E-state index contributed by atoms with van der Waals surface area (Å²) in [5.41, 5.74) is -1.44. The van der Waals surface area contributed by atoms with Crippen LogP contribution in [-0.4, -0.2) is 44.2 Å². The van der Waals surface area contributed by atoms with Gasteiger partial charge in [-0.3, -0.25) is 14.9 Å². The number of halogens is 3. The normalized spacial score (nSPS) is 13.5. The van der Waals surface area contributed by atoms with Gasteiger partial charge in [-0.25, -0.2) is 14.0 Å². The second-order valence-corrected chi connectivity index (χ2v) is 9.57. The van der Waals surface area contributed by atoms with E-state index in [9.17, 15) is 28.9 Å². The van der Waals surface area contributed by atoms with Crippen LogP contribution in [0, 0.1) is 15.9 Å². The van der Waals surface area contributed by atoms with Crippen molar-refractivity contribution in [1.29, 1.82) is 0 Å². The second-order valence-electron chi connectivity index (χ2n) is 8.82. The second kappa shape index (κ2) is 10.5. The van der Waals surface area contributed by atoms with E-state index in [4.69, 9.17) is 28.1 Å². The minimum atomic E-state index is -1.12. The molecule has 0 bridgehead atoms. The summed E-state index contributed by atoms with van der Waals surface area (Å²) in [5.74, 6) is -2.12. The lowest BCUT2D eigenvalue weighted by atomic mass is 10.0. The number of ether oxygens (including phenoxy) is 1. The van der Waals surface area contributed by atoms with Gasteiger partial charge in [0.05, 0.1) is 40.0 Å². The number of rotatable bonds is 5. The average Bonchev–Trinajstić information content (AvgIpc) is 3.37. The van der Waals surface area contributed by atoms with Crippen LogP contribution in [0.3, 0.4) is 0 Å². The molecule has 15 heteroatoms. The standard InChI is InChI=1S/C24H21Cl2FN6O6/c1-4-39-23(36)32-20(28-21(34)13-9-10-16(27)18(11-13)33(37)38)14-12-30(24(2,3)19(14)29-32)22(35)31(26)17-8-6-5-7-15(17)25/h5-11H,4,12H2,1-3H3,(H,28,34). The predicted octanol–water partition coefficient (Wildman–Crippen LogP) is 5.67. The van der Waals surface area contributed by atoms with Crippen LogP contribution in [0.1, 0.15) is 42.4 Å². The first-order valence-corrected chi connectivity index (χ1v) is 12.2. The van der Waals surface area contributed by atoms with Crippen molar-refractivity contribution in [1.82, 2.24) is 14.7 Å². The van der Waals surface area contributed by atoms with Gasteiger partial charge in [0, 0.05) is 29.0 Å². The summed E-state index contributed by atoms with van der Waals surface area (Å²) in [4.78, 5) is 50.7. The van der Waals surface area contributed by atoms with E-state index in [0.29, 0.717) is 5.56 Å². The highest BCUT2D eigenvalue weighted by Crippen LogP contribution is 2.43. The van der Waals surface area contributed by atoms with Gasteiger partial charge in [0.25, 0.3) is 5.91 Å². The number of nitro groups is 1. The topological polar surface area (TPSA) is 140 Å². The van der Waals surface area contributed by atoms with Gasteiger partial charge in [-0.05, 0) is 45.0 Å². The molecule has 0 fully saturated rings. The fraction of sp³-hybridized carbons (Fsp3) is 0.250. The molecule has 0 unspecified atom stereocenters. The number of nitro benzene ring substituents is 1. The number of nitrogens with zero attached hydrogens (tertiary/aromatic N) is 5. The molecule has 3 aromatic rings. The number of hydrogen-bond acceptors (Lipinski definition) is 7. The Labute approximate surface area is 231 Å². The van der Waals surface area contributed by atoms with Crippen LogP contribution in [-0.2, 0) is 16.8 Å². The van der Waals surface area contributed by atoms with Crippen LogP contribution in [0.15, 0.2) is 42.5 Å². The van der Waals surface area contributed by atoms with Gasteiger partial charge in [0.2, 0.25) is 5.82 Å². The van der Waals surface area contributed by atoms with Crippen LogP contribution >= 0.6 is 23.4 Å². The molecule has 1 aromatic heterocycles. The SMILES string of the molecule is CCOC(=O)n1nc2c(c1NC(=O)c1ccc(F)c([N+](=O)[O-])c1)CN(C(=O)N(Cl)c1ccccc1Cl)C2(C)C. The molecule has 0 aliphatic carbocycles. The van der Waals surface area contributed by atoms with Crippen LogP contribution in [0.4, 0.5) is 31.2 Å². The van der Waals surface area contributed by atoms with Crippen molar-refractivity contribution in [3.8, 4) is 0 Å². The molecule has 1 aliphatic heterocycles. The number of para-hydroxylation sites is 1. The third-order valence-corrected chi connectivity index (χ3v) is 6.74. The van der Waals surface area contributed by atoms with Crippen LogP contribution < -0.4 is 9.74 Å². The van der Waals surface area contributed by atoms with E-state index >= 15 is 0 Å². The van der Waals surface area contributed by atoms with Crippen molar-refractivity contribution in [2.45, 2.75) is 32.9 Å². The number of carbonyl (C=O) groups is 3. The van der Waals surface area contributed by atoms with Crippen molar-refractivity contribution in [2.24, 2.45) is 0 Å². The first-order valence-electron chi connectivity index (χ1n) is 11.4. The fourth-order valence-corrected chi connectivity index (χ4v) is 4.62. The lowest BCUT2D eigenvalue weighted by molar-refractivity contribution is -0.387. The molecule has 0 radical (unpaired) electrons. The Kier molecular flexibility index (Phi) is 7.48. The zero-order chi connectivity index (χ0) is 28.6. The molecule has 0 saturated heterocycles. The Bertz CT molecular complexity index is 1510. The van der Waals surface area contributed by atoms with Gasteiger partial charge in [-0.15, -0.1) is 4.68 Å². The molecule has 39 heavy (non-hydrogen) atoms. The monoisotopic (exact) mass is 578 g/mol. The maximum absolute atomic E-state index is 13.8. The van der Waals surface area contributed by atoms with Crippen LogP contribution in [0.2, 0.25) is 5.02 Å². The van der Waals surface area contributed by atoms with E-state index in [-0.39, 0.29) is 40.9 Å². The smallest absolute Gasteiger partial charge is 0.436 e. The Morgan fingerprint density at radius 1 is 1.26 bits per heavy atom. The Hall–Kier alpha value is -4.23. The zero-order valence-electron chi connectivity index (χ0n) is 20.8. The van der Waals surface area contributed by atoms with E-state index in [1.807, 2.05) is 0 Å². The third-order valence-electron chi connectivity index (χ3n) is 6.09. The molecule has 0 saturated carbocycles. The number of anilines is 2. The van der Waals surface area contributed by atoms with E-state index in [1.165, 1.54) is 4.90 Å². The van der Waals surface area contributed by atoms with Gasteiger partial charge in [0.15, 0.2) is 0 Å². The average molecular weight is 579 g/mol. The molecule has 204 valence electrons. The summed E-state index contributed by atoms with van der Waals surface area (Å²) in [6.45, 7) is 4.80. The van der Waals surface area contributed by atoms with Crippen molar-refractivity contribution in [3.05, 3.63) is 80.2 Å². The predicted molar refractivity (Wildman–Crippen MR) is 139 cm³/mol. The Morgan fingerprint density at radius 3 is 2.59 bits per heavy atom. The molecule has 0 atom stereocenters. The maximum atomic E-state index is 13.8. The number of hydrogen-bond donors (Lipinski definition) is 1. The van der Waals surface area contributed by atoms with Crippen molar-refractivity contribution in [3.63, 3.8) is 0 Å². The summed E-state index contributed by atoms with van der Waals surface area (Å²) in [6.07, 6.45) is -0.906. The number of amides is 3. The third kappa shape index (κ3) is 4.98. The molecule has 4 rings (SSSR count). The van der Waals surface area contributed by atoms with Crippen LogP contribution in [0.5, 0.6) is 0 Å². The van der Waals surface area contributed by atoms with Gasteiger partial charge in [0.1, 0.15) is 5.82 Å². The highest BCUT2D eigenvalue weighted by molar-refractivity contribution is 6.41. The number of urea groups is 1. The lowest BCUT2D eigenvalue weighted by Gasteiger charge is -2.33. The Morgan fingerprint density at radius 2 is 1.95 bits per heavy atom. The first-order chi connectivity index (χ1) is 18.4. The van der Waals surface area contributed by atoms with Gasteiger partial charge in [-0.1, -0.05) is 23.7 Å². The van der Waals surface area contributed by atoms with E-state index < -0.39 is 40.0 Å². The minimum Gasteiger partial charge on any atom is -0.448 e. The number of nitrogens with one attached hydrogen (secondary N) is 1. The lowest BCUT2D eigenvalue weighted by Crippen LogP contribution is -2.46. The number of fused-ring (bicyclic) bond motifs is 1. The molecule has 2 aromatic carbocycles. The molecular weight excluding hydrogens is 558 g/mol. The van der Waals surface area contributed by atoms with E-state index in [1.54, 1.807) is 45.0 Å². The van der Waals surface area contributed by atoms with Crippen molar-refractivity contribution >= 4 is 58.6 Å². The summed E-state index contributed by atoms with van der Waals surface area (Å²) in [7, 11) is 0. The largest absolute Gasteiger partial charge is 0.448 e. The highest BCUT2D eigenvalue weighted by atomic mass is 35.5. The first kappa shape index (κ1) is 27.8. The number of carbonyl (C=O) groups excluding carboxylic acids is 3. The molecular formula is C24H21Cl2FN6O6. The molecule has 12 nitrogen and oxygen atoms in total. The van der Waals surface area contributed by atoms with Gasteiger partial charge < -0.3 is 15.0 Å². The Balaban J connectivity index is 1.73. The summed E-state index contributed by atoms with van der Waals surface area (Å²) < 4.78 is 20.5. The van der Waals surface area contributed by atoms with Gasteiger partial charge in [-0.2, -0.15) is 9.49 Å². The zero-order valence-corrected chi connectivity index (χ0v) is 22.3. The fourth-order valence-electron chi connectivity index (χ4n) is 4.12. The van der Waals surface area contributed by atoms with Crippen LogP contribution in [0.25, 0.3) is 0 Å². The number of aromatic nitrogens is 2. The van der Waals surface area contributed by atoms with E-state index in [0.717, 1.165) is 27.3 Å². The van der Waals surface area contributed by atoms with Crippen molar-refractivity contribution < 1.29 is 28.4 Å². The minimum absolute atomic E-state index is 0.00789. The number of benzene rings is 2.